The number of guanidine groups is 4. The van der Waals surface area contributed by atoms with E-state index in [0.29, 0.717) is 0 Å². The van der Waals surface area contributed by atoms with E-state index < -0.39 is 0 Å². The van der Waals surface area contributed by atoms with Crippen molar-refractivity contribution in [3.05, 3.63) is 0 Å². The molecule has 21 heavy (non-hydrogen) atoms. The van der Waals surface area contributed by atoms with Crippen LogP contribution >= 0.6 is 0 Å². The maximum absolute atomic E-state index is 7.07. The minimum atomic E-state index is -0.214. The molecular formula is C8H23ClN10NiO. The maximum atomic E-state index is 7.07. The van der Waals surface area contributed by atoms with Gasteiger partial charge in [0.25, 0.3) is 0 Å². The first-order valence-corrected chi connectivity index (χ1v) is 4.81. The fourth-order valence-electron chi connectivity index (χ4n) is 0.479. The van der Waals surface area contributed by atoms with Gasteiger partial charge >= 0.3 is 16.5 Å². The minimum absolute atomic E-state index is 0. The number of nitrogens with one attached hydrogen (secondary N) is 6. The average molecular weight is 369 g/mol. The van der Waals surface area contributed by atoms with Crippen molar-refractivity contribution in [2.45, 2.75) is 0 Å². The van der Waals surface area contributed by atoms with Gasteiger partial charge in [-0.1, -0.05) is 0 Å². The first-order valence-electron chi connectivity index (χ1n) is 4.81. The molecule has 0 rings (SSSR count). The topological polar surface area (TPSA) is 208 Å². The van der Waals surface area contributed by atoms with E-state index in [9.17, 15) is 0 Å². The van der Waals surface area contributed by atoms with Crippen LogP contribution < -0.4 is 34.5 Å². The van der Waals surface area contributed by atoms with E-state index in [1.165, 1.54) is 9.80 Å². The molecular weight excluding hydrogens is 346 g/mol. The van der Waals surface area contributed by atoms with E-state index >= 15 is 0 Å². The van der Waals surface area contributed by atoms with Gasteiger partial charge in [-0.05, 0) is 0 Å². The third-order valence-electron chi connectivity index (χ3n) is 1.40. The predicted octanol–water partition coefficient (Wildman–Crippen LogP) is -5.24. The standard InChI is InChI=1S/2C4H11N5.ClH.Ni.H2O/c2*1-9(2)4(7)8-3(5)6;;;/h2*1-2H3,(H5,5,6,7,8);1H;;1H2/q;;;+2;/p-2. The molecule has 0 saturated heterocycles. The van der Waals surface area contributed by atoms with E-state index in [0.717, 1.165) is 0 Å². The van der Waals surface area contributed by atoms with Crippen LogP contribution in [-0.4, -0.2) is 67.3 Å². The summed E-state index contributed by atoms with van der Waals surface area (Å²) >= 11 is 0. The monoisotopic (exact) mass is 368 g/mol. The Labute approximate surface area is 140 Å². The minimum Gasteiger partial charge on any atom is -1.00 e. The van der Waals surface area contributed by atoms with Crippen molar-refractivity contribution in [1.82, 2.24) is 20.4 Å². The summed E-state index contributed by atoms with van der Waals surface area (Å²) in [5.74, 6) is -0.201. The molecule has 0 saturated carbocycles. The zero-order valence-electron chi connectivity index (χ0n) is 12.2. The Bertz CT molecular complexity index is 303. The Morgan fingerprint density at radius 2 is 0.952 bits per heavy atom. The van der Waals surface area contributed by atoms with Gasteiger partial charge in [0.15, 0.2) is 23.8 Å². The SMILES string of the molecule is CN(C)C(=N)NC(=N)N.CN(C)C(=N)NC(=N)N.[Cl-].[Ni+2].[OH-]. The molecule has 0 radical (unpaired) electrons. The number of nitrogens with zero attached hydrogens (tertiary/aromatic N) is 2. The van der Waals surface area contributed by atoms with Gasteiger partial charge in [0.05, 0.1) is 0 Å². The molecule has 0 amide bonds. The first kappa shape index (κ1) is 31.6. The Morgan fingerprint density at radius 3 is 1.00 bits per heavy atom. The molecule has 0 bridgehead atoms. The molecule has 11 nitrogen and oxygen atoms in total. The van der Waals surface area contributed by atoms with Crippen molar-refractivity contribution in [2.75, 3.05) is 28.2 Å². The number of hydrogen-bond donors (Lipinski definition) is 8. The van der Waals surface area contributed by atoms with E-state index in [1.807, 2.05) is 0 Å². The molecule has 0 unspecified atom stereocenters. The normalized spacial score (nSPS) is 7.05. The first-order chi connectivity index (χ1) is 8.07. The van der Waals surface area contributed by atoms with E-state index in [4.69, 9.17) is 33.1 Å². The zero-order chi connectivity index (χ0) is 14.9. The molecule has 13 heteroatoms. The second-order valence-corrected chi connectivity index (χ2v) is 3.56. The van der Waals surface area contributed by atoms with Crippen LogP contribution in [0.3, 0.4) is 0 Å². The summed E-state index contributed by atoms with van der Waals surface area (Å²) in [4.78, 5) is 3.03. The van der Waals surface area contributed by atoms with Gasteiger partial charge < -0.3 is 39.2 Å². The Hall–Kier alpha value is -1.78. The van der Waals surface area contributed by atoms with E-state index in [-0.39, 0.29) is 58.2 Å². The summed E-state index contributed by atoms with van der Waals surface area (Å²) in [5, 5.41) is 32.2. The van der Waals surface area contributed by atoms with Crippen LogP contribution in [0.2, 0.25) is 0 Å². The van der Waals surface area contributed by atoms with Crippen LogP contribution in [0.5, 0.6) is 0 Å². The van der Waals surface area contributed by atoms with Crippen LogP contribution in [-0.2, 0) is 16.5 Å². The fraction of sp³-hybridized carbons (Fsp3) is 0.500. The Balaban J connectivity index is -0.0000000711. The predicted molar refractivity (Wildman–Crippen MR) is 74.9 cm³/mol. The van der Waals surface area contributed by atoms with Crippen molar-refractivity contribution in [1.29, 1.82) is 21.6 Å². The summed E-state index contributed by atoms with van der Waals surface area (Å²) in [7, 11) is 6.77. The summed E-state index contributed by atoms with van der Waals surface area (Å²) in [6.45, 7) is 0. The van der Waals surface area contributed by atoms with E-state index in [1.54, 1.807) is 28.2 Å². The second-order valence-electron chi connectivity index (χ2n) is 3.56. The molecule has 0 aliphatic rings. The summed E-state index contributed by atoms with van der Waals surface area (Å²) in [6.07, 6.45) is 0. The Kier molecular flexibility index (Phi) is 24.5. The van der Waals surface area contributed by atoms with Crippen molar-refractivity contribution in [3.63, 3.8) is 0 Å². The molecule has 0 fully saturated rings. The maximum Gasteiger partial charge on any atom is 2.00 e. The number of halogens is 1. The van der Waals surface area contributed by atoms with Crippen LogP contribution in [0.15, 0.2) is 0 Å². The molecule has 0 spiro atoms. The molecule has 0 aromatic heterocycles. The Morgan fingerprint density at radius 1 is 0.762 bits per heavy atom. The van der Waals surface area contributed by atoms with Gasteiger partial charge in [-0.2, -0.15) is 0 Å². The van der Waals surface area contributed by atoms with Crippen molar-refractivity contribution >= 4 is 23.8 Å². The van der Waals surface area contributed by atoms with Gasteiger partial charge in [-0.25, -0.2) is 0 Å². The average Bonchev–Trinajstić information content (AvgIpc) is 2.16. The summed E-state index contributed by atoms with van der Waals surface area (Å²) < 4.78 is 0. The van der Waals surface area contributed by atoms with Crippen molar-refractivity contribution in [3.8, 4) is 0 Å². The van der Waals surface area contributed by atoms with Crippen LogP contribution in [0, 0.1) is 21.6 Å². The van der Waals surface area contributed by atoms with Gasteiger partial charge in [0, 0.05) is 28.2 Å². The number of nitrogens with two attached hydrogens (primary N) is 2. The molecule has 0 aliphatic heterocycles. The fourth-order valence-corrected chi connectivity index (χ4v) is 0.479. The molecule has 0 aliphatic carbocycles. The van der Waals surface area contributed by atoms with Crippen LogP contribution in [0.4, 0.5) is 0 Å². The largest absolute Gasteiger partial charge is 2.00 e. The van der Waals surface area contributed by atoms with Crippen LogP contribution in [0.25, 0.3) is 0 Å². The molecule has 11 N–H and O–H groups in total. The van der Waals surface area contributed by atoms with Gasteiger partial charge in [0.1, 0.15) is 0 Å². The summed E-state index contributed by atoms with van der Waals surface area (Å²) in [6, 6.07) is 0. The van der Waals surface area contributed by atoms with Crippen molar-refractivity contribution in [2.24, 2.45) is 11.5 Å². The van der Waals surface area contributed by atoms with E-state index in [2.05, 4.69) is 10.6 Å². The van der Waals surface area contributed by atoms with Gasteiger partial charge in [0.2, 0.25) is 0 Å². The molecule has 128 valence electrons. The molecule has 0 atom stereocenters. The number of rotatable bonds is 0. The molecule has 0 heterocycles. The third kappa shape index (κ3) is 23.7. The molecule has 0 aromatic rings. The number of hydrogen-bond acceptors (Lipinski definition) is 5. The molecule has 0 aromatic carbocycles. The van der Waals surface area contributed by atoms with Gasteiger partial charge in [-0.15, -0.1) is 0 Å². The second kappa shape index (κ2) is 16.3. The quantitative estimate of drug-likeness (QED) is 0.118. The summed E-state index contributed by atoms with van der Waals surface area (Å²) in [5.41, 5.74) is 9.87. The van der Waals surface area contributed by atoms with Gasteiger partial charge in [-0.3, -0.25) is 32.3 Å². The van der Waals surface area contributed by atoms with Crippen molar-refractivity contribution < 1.29 is 34.4 Å². The van der Waals surface area contributed by atoms with Crippen LogP contribution in [0.1, 0.15) is 0 Å². The third-order valence-corrected chi connectivity index (χ3v) is 1.40. The smallest absolute Gasteiger partial charge is 1.00 e. The zero-order valence-corrected chi connectivity index (χ0v) is 13.9.